The van der Waals surface area contributed by atoms with E-state index < -0.39 is 5.91 Å². The molecule has 2 N–H and O–H groups in total. The van der Waals surface area contributed by atoms with Crippen LogP contribution in [0, 0.1) is 13.8 Å². The molecule has 5 heteroatoms. The zero-order chi connectivity index (χ0) is 11.6. The van der Waals surface area contributed by atoms with Gasteiger partial charge in [-0.2, -0.15) is 0 Å². The molecule has 2 amide bonds. The Hall–Kier alpha value is -1.78. The number of rotatable bonds is 2. The van der Waals surface area contributed by atoms with E-state index in [1.165, 1.54) is 0 Å². The third-order valence-corrected chi connectivity index (χ3v) is 2.50. The molecule has 78 valence electrons. The number of phenols is 1. The van der Waals surface area contributed by atoms with Gasteiger partial charge in [-0.25, -0.2) is 0 Å². The SMILES string of the molecule is Bc1cc(C(=O)NC=O)c(C)c(O)c1C. The second-order valence-corrected chi connectivity index (χ2v) is 3.43. The summed E-state index contributed by atoms with van der Waals surface area (Å²) in [5.74, 6) is -0.396. The van der Waals surface area contributed by atoms with Crippen molar-refractivity contribution in [3.05, 3.63) is 22.8 Å². The number of hydrogen-bond donors (Lipinski definition) is 2. The average Bonchev–Trinajstić information content (AvgIpc) is 2.20. The van der Waals surface area contributed by atoms with E-state index in [9.17, 15) is 14.7 Å². The fraction of sp³-hybridized carbons (Fsp3) is 0.200. The number of nitrogens with one attached hydrogen (secondary N) is 1. The Morgan fingerprint density at radius 1 is 1.47 bits per heavy atom. The predicted octanol–water partition coefficient (Wildman–Crippen LogP) is -0.846. The van der Waals surface area contributed by atoms with Crippen molar-refractivity contribution >= 4 is 25.6 Å². The van der Waals surface area contributed by atoms with Crippen molar-refractivity contribution in [2.45, 2.75) is 13.8 Å². The Labute approximate surface area is 88.7 Å². The lowest BCUT2D eigenvalue weighted by Crippen LogP contribution is -2.24. The van der Waals surface area contributed by atoms with Gasteiger partial charge in [0.15, 0.2) is 0 Å². The number of amides is 2. The molecule has 0 radical (unpaired) electrons. The molecular formula is C10H12BNO3. The molecule has 0 fully saturated rings. The summed E-state index contributed by atoms with van der Waals surface area (Å²) < 4.78 is 0. The first-order valence-corrected chi connectivity index (χ1v) is 4.53. The Morgan fingerprint density at radius 3 is 2.60 bits per heavy atom. The minimum Gasteiger partial charge on any atom is -0.507 e. The molecule has 0 aliphatic carbocycles. The standard InChI is InChI=1S/C10H12BNO3/c1-5-7(10(15)12-4-13)3-8(11)6(2)9(5)14/h3-4,14H,11H2,1-2H3,(H,12,13,15). The summed E-state index contributed by atoms with van der Waals surface area (Å²) in [6, 6.07) is 1.66. The molecule has 0 atom stereocenters. The summed E-state index contributed by atoms with van der Waals surface area (Å²) in [5, 5.41) is 11.8. The quantitative estimate of drug-likeness (QED) is 0.488. The van der Waals surface area contributed by atoms with E-state index in [2.05, 4.69) is 0 Å². The fourth-order valence-electron chi connectivity index (χ4n) is 1.40. The van der Waals surface area contributed by atoms with Gasteiger partial charge in [0.05, 0.1) is 0 Å². The number of imide groups is 1. The van der Waals surface area contributed by atoms with Gasteiger partial charge in [-0.1, -0.05) is 11.5 Å². The molecule has 0 unspecified atom stereocenters. The highest BCUT2D eigenvalue weighted by Gasteiger charge is 2.14. The van der Waals surface area contributed by atoms with E-state index in [0.29, 0.717) is 17.5 Å². The molecule has 1 rings (SSSR count). The van der Waals surface area contributed by atoms with Gasteiger partial charge in [0, 0.05) is 11.1 Å². The number of phenolic OH excluding ortho intramolecular Hbond substituents is 1. The summed E-state index contributed by atoms with van der Waals surface area (Å²) in [6.07, 6.45) is 0.327. The first-order chi connectivity index (χ1) is 6.99. The van der Waals surface area contributed by atoms with Crippen molar-refractivity contribution in [2.24, 2.45) is 0 Å². The lowest BCUT2D eigenvalue weighted by Gasteiger charge is -2.11. The molecule has 4 nitrogen and oxygen atoms in total. The molecule has 1 aromatic carbocycles. The molecule has 0 bridgehead atoms. The summed E-state index contributed by atoms with van der Waals surface area (Å²) in [5.41, 5.74) is 2.37. The smallest absolute Gasteiger partial charge is 0.258 e. The second-order valence-electron chi connectivity index (χ2n) is 3.43. The summed E-state index contributed by atoms with van der Waals surface area (Å²) in [4.78, 5) is 21.6. The van der Waals surface area contributed by atoms with Crippen LogP contribution in [0.2, 0.25) is 0 Å². The average molecular weight is 205 g/mol. The molecule has 0 saturated heterocycles. The van der Waals surface area contributed by atoms with Crippen LogP contribution in [0.4, 0.5) is 0 Å². The number of aromatic hydroxyl groups is 1. The maximum Gasteiger partial charge on any atom is 0.258 e. The monoisotopic (exact) mass is 205 g/mol. The molecule has 0 aliphatic heterocycles. The van der Waals surface area contributed by atoms with Gasteiger partial charge in [-0.15, -0.1) is 0 Å². The molecule has 0 saturated carbocycles. The van der Waals surface area contributed by atoms with Crippen LogP contribution in [0.5, 0.6) is 5.75 Å². The van der Waals surface area contributed by atoms with Crippen molar-refractivity contribution in [1.82, 2.24) is 5.32 Å². The van der Waals surface area contributed by atoms with Gasteiger partial charge in [-0.05, 0) is 19.4 Å². The highest BCUT2D eigenvalue weighted by atomic mass is 16.3. The van der Waals surface area contributed by atoms with Crippen molar-refractivity contribution in [3.8, 4) is 5.75 Å². The zero-order valence-electron chi connectivity index (χ0n) is 8.92. The molecule has 1 aromatic rings. The van der Waals surface area contributed by atoms with Gasteiger partial charge in [-0.3, -0.25) is 14.9 Å². The van der Waals surface area contributed by atoms with Crippen molar-refractivity contribution in [2.75, 3.05) is 0 Å². The van der Waals surface area contributed by atoms with Crippen LogP contribution in [-0.4, -0.2) is 25.3 Å². The lowest BCUT2D eigenvalue weighted by atomic mass is 9.86. The number of carbonyl (C=O) groups is 2. The van der Waals surface area contributed by atoms with E-state index >= 15 is 0 Å². The maximum atomic E-state index is 11.4. The Morgan fingerprint density at radius 2 is 2.07 bits per heavy atom. The lowest BCUT2D eigenvalue weighted by molar-refractivity contribution is -0.108. The highest BCUT2D eigenvalue weighted by molar-refractivity contribution is 6.34. The van der Waals surface area contributed by atoms with Crippen LogP contribution in [0.1, 0.15) is 21.5 Å². The molecule has 0 aliphatic rings. The van der Waals surface area contributed by atoms with Gasteiger partial charge in [0.1, 0.15) is 13.6 Å². The van der Waals surface area contributed by atoms with Gasteiger partial charge in [0.25, 0.3) is 5.91 Å². The summed E-state index contributed by atoms with van der Waals surface area (Å²) in [6.45, 7) is 3.42. The van der Waals surface area contributed by atoms with E-state index in [0.717, 1.165) is 11.0 Å². The largest absolute Gasteiger partial charge is 0.507 e. The third kappa shape index (κ3) is 2.01. The Kier molecular flexibility index (Phi) is 3.14. The number of benzene rings is 1. The molecule has 0 aromatic heterocycles. The second kappa shape index (κ2) is 4.17. The van der Waals surface area contributed by atoms with Gasteiger partial charge < -0.3 is 5.11 Å². The number of hydrogen-bond acceptors (Lipinski definition) is 3. The Bertz CT molecular complexity index is 429. The van der Waals surface area contributed by atoms with E-state index in [-0.39, 0.29) is 5.75 Å². The molecule has 0 heterocycles. The maximum absolute atomic E-state index is 11.4. The van der Waals surface area contributed by atoms with Crippen LogP contribution in [0.3, 0.4) is 0 Å². The third-order valence-electron chi connectivity index (χ3n) is 2.50. The summed E-state index contributed by atoms with van der Waals surface area (Å²) >= 11 is 0. The summed E-state index contributed by atoms with van der Waals surface area (Å²) in [7, 11) is 1.80. The van der Waals surface area contributed by atoms with Crippen LogP contribution < -0.4 is 10.8 Å². The van der Waals surface area contributed by atoms with E-state index in [4.69, 9.17) is 0 Å². The highest BCUT2D eigenvalue weighted by Crippen LogP contribution is 2.22. The predicted molar refractivity (Wildman–Crippen MR) is 59.3 cm³/mol. The number of carbonyl (C=O) groups excluding carboxylic acids is 2. The molecule has 15 heavy (non-hydrogen) atoms. The van der Waals surface area contributed by atoms with Crippen LogP contribution in [-0.2, 0) is 4.79 Å². The fourth-order valence-corrected chi connectivity index (χ4v) is 1.40. The normalized spacial score (nSPS) is 9.73. The topological polar surface area (TPSA) is 66.4 Å². The van der Waals surface area contributed by atoms with Gasteiger partial charge >= 0.3 is 0 Å². The van der Waals surface area contributed by atoms with E-state index in [1.54, 1.807) is 27.8 Å². The van der Waals surface area contributed by atoms with Crippen LogP contribution in [0.25, 0.3) is 0 Å². The zero-order valence-corrected chi connectivity index (χ0v) is 8.92. The minimum atomic E-state index is -0.499. The van der Waals surface area contributed by atoms with Crippen LogP contribution >= 0.6 is 0 Å². The van der Waals surface area contributed by atoms with Crippen molar-refractivity contribution < 1.29 is 14.7 Å². The first-order valence-electron chi connectivity index (χ1n) is 4.53. The Balaban J connectivity index is 3.31. The minimum absolute atomic E-state index is 0.103. The first kappa shape index (κ1) is 11.3. The van der Waals surface area contributed by atoms with Crippen molar-refractivity contribution in [1.29, 1.82) is 0 Å². The van der Waals surface area contributed by atoms with Gasteiger partial charge in [0.2, 0.25) is 6.41 Å². The van der Waals surface area contributed by atoms with Crippen LogP contribution in [0.15, 0.2) is 6.07 Å². The molecule has 0 spiro atoms. The molecular weight excluding hydrogens is 193 g/mol. The van der Waals surface area contributed by atoms with Crippen molar-refractivity contribution in [3.63, 3.8) is 0 Å². The van der Waals surface area contributed by atoms with E-state index in [1.807, 2.05) is 5.32 Å².